The van der Waals surface area contributed by atoms with E-state index in [0.717, 1.165) is 22.7 Å². The van der Waals surface area contributed by atoms with Crippen molar-refractivity contribution in [3.05, 3.63) is 53.7 Å². The van der Waals surface area contributed by atoms with Crippen molar-refractivity contribution in [2.45, 2.75) is 26.2 Å². The minimum absolute atomic E-state index is 0.156. The lowest BCUT2D eigenvalue weighted by Gasteiger charge is -2.17. The van der Waals surface area contributed by atoms with E-state index in [1.807, 2.05) is 55.4 Å². The molecular formula is C19H25N3O3. The molecule has 0 saturated heterocycles. The van der Waals surface area contributed by atoms with Gasteiger partial charge in [0.2, 0.25) is 5.91 Å². The Morgan fingerprint density at radius 1 is 1.28 bits per heavy atom. The molecule has 1 N–H and O–H groups in total. The van der Waals surface area contributed by atoms with E-state index in [1.54, 1.807) is 20.2 Å². The molecule has 2 aromatic rings. The molecule has 1 amide bonds. The summed E-state index contributed by atoms with van der Waals surface area (Å²) in [5.74, 6) is 1.45. The van der Waals surface area contributed by atoms with Crippen LogP contribution in [0.4, 0.5) is 5.82 Å². The monoisotopic (exact) mass is 343 g/mol. The van der Waals surface area contributed by atoms with Crippen LogP contribution < -0.4 is 15.0 Å². The van der Waals surface area contributed by atoms with Gasteiger partial charge < -0.3 is 19.7 Å². The van der Waals surface area contributed by atoms with Gasteiger partial charge in [0.15, 0.2) is 0 Å². The lowest BCUT2D eigenvalue weighted by Crippen LogP contribution is -2.34. The highest BCUT2D eigenvalue weighted by atomic mass is 16.5. The number of anilines is 1. The van der Waals surface area contributed by atoms with Crippen molar-refractivity contribution < 1.29 is 14.3 Å². The third-order valence-corrected chi connectivity index (χ3v) is 3.75. The highest BCUT2D eigenvalue weighted by molar-refractivity contribution is 5.80. The summed E-state index contributed by atoms with van der Waals surface area (Å²) in [7, 11) is 5.47. The first kappa shape index (κ1) is 18.7. The number of hydrogen-bond acceptors (Lipinski definition) is 5. The third-order valence-electron chi connectivity index (χ3n) is 3.75. The molecule has 0 saturated carbocycles. The van der Waals surface area contributed by atoms with Crippen LogP contribution >= 0.6 is 0 Å². The SMILES string of the molecule is COc1cccc(COC(C)C(=O)NCc2cccnc2N(C)C)c1. The van der Waals surface area contributed by atoms with E-state index in [4.69, 9.17) is 9.47 Å². The van der Waals surface area contributed by atoms with E-state index in [1.165, 1.54) is 0 Å². The van der Waals surface area contributed by atoms with Crippen LogP contribution in [0.5, 0.6) is 5.75 Å². The molecule has 6 heteroatoms. The Morgan fingerprint density at radius 3 is 2.80 bits per heavy atom. The van der Waals surface area contributed by atoms with Gasteiger partial charge in [-0.25, -0.2) is 4.98 Å². The maximum atomic E-state index is 12.2. The lowest BCUT2D eigenvalue weighted by molar-refractivity contribution is -0.132. The number of carbonyl (C=O) groups excluding carboxylic acids is 1. The topological polar surface area (TPSA) is 63.7 Å². The Labute approximate surface area is 148 Å². The van der Waals surface area contributed by atoms with Gasteiger partial charge in [-0.2, -0.15) is 0 Å². The van der Waals surface area contributed by atoms with E-state index in [9.17, 15) is 4.79 Å². The minimum Gasteiger partial charge on any atom is -0.497 e. The van der Waals surface area contributed by atoms with Gasteiger partial charge in [0.25, 0.3) is 0 Å². The average molecular weight is 343 g/mol. The summed E-state index contributed by atoms with van der Waals surface area (Å²) in [6, 6.07) is 11.4. The first-order valence-electron chi connectivity index (χ1n) is 8.14. The summed E-state index contributed by atoms with van der Waals surface area (Å²) in [4.78, 5) is 18.5. The fraction of sp³-hybridized carbons (Fsp3) is 0.368. The maximum absolute atomic E-state index is 12.2. The minimum atomic E-state index is -0.550. The average Bonchev–Trinajstić information content (AvgIpc) is 2.64. The smallest absolute Gasteiger partial charge is 0.249 e. The molecule has 134 valence electrons. The molecular weight excluding hydrogens is 318 g/mol. The predicted octanol–water partition coefficient (Wildman–Crippen LogP) is 2.38. The van der Waals surface area contributed by atoms with Gasteiger partial charge >= 0.3 is 0 Å². The number of nitrogens with zero attached hydrogens (tertiary/aromatic N) is 2. The summed E-state index contributed by atoms with van der Waals surface area (Å²) in [6.07, 6.45) is 1.19. The molecule has 0 spiro atoms. The van der Waals surface area contributed by atoms with E-state index in [2.05, 4.69) is 10.3 Å². The number of carbonyl (C=O) groups is 1. The van der Waals surface area contributed by atoms with Gasteiger partial charge in [-0.15, -0.1) is 0 Å². The second kappa shape index (κ2) is 9.03. The van der Waals surface area contributed by atoms with Crippen LogP contribution in [0.1, 0.15) is 18.1 Å². The second-order valence-corrected chi connectivity index (χ2v) is 5.90. The Balaban J connectivity index is 1.86. The van der Waals surface area contributed by atoms with Gasteiger partial charge in [0, 0.05) is 32.4 Å². The fourth-order valence-corrected chi connectivity index (χ4v) is 2.36. The molecule has 1 heterocycles. The number of hydrogen-bond donors (Lipinski definition) is 1. The Hall–Kier alpha value is -2.60. The van der Waals surface area contributed by atoms with Crippen LogP contribution in [0.25, 0.3) is 0 Å². The number of benzene rings is 1. The normalized spacial score (nSPS) is 11.7. The molecule has 0 aliphatic rings. The predicted molar refractivity (Wildman–Crippen MR) is 97.7 cm³/mol. The number of methoxy groups -OCH3 is 1. The van der Waals surface area contributed by atoms with Gasteiger partial charge in [-0.3, -0.25) is 4.79 Å². The number of aromatic nitrogens is 1. The largest absolute Gasteiger partial charge is 0.497 e. The maximum Gasteiger partial charge on any atom is 0.249 e. The van der Waals surface area contributed by atoms with Crippen molar-refractivity contribution in [1.29, 1.82) is 0 Å². The first-order chi connectivity index (χ1) is 12.0. The second-order valence-electron chi connectivity index (χ2n) is 5.90. The molecule has 0 radical (unpaired) electrons. The Bertz CT molecular complexity index is 704. The van der Waals surface area contributed by atoms with Gasteiger partial charge in [0.1, 0.15) is 17.7 Å². The highest BCUT2D eigenvalue weighted by Crippen LogP contribution is 2.15. The number of nitrogens with one attached hydrogen (secondary N) is 1. The molecule has 0 aliphatic heterocycles. The van der Waals surface area contributed by atoms with Crippen molar-refractivity contribution in [2.75, 3.05) is 26.1 Å². The zero-order valence-corrected chi connectivity index (χ0v) is 15.2. The van der Waals surface area contributed by atoms with Gasteiger partial charge in [-0.1, -0.05) is 18.2 Å². The van der Waals surface area contributed by atoms with E-state index >= 15 is 0 Å². The Morgan fingerprint density at radius 2 is 2.08 bits per heavy atom. The summed E-state index contributed by atoms with van der Waals surface area (Å²) < 4.78 is 10.8. The molecule has 25 heavy (non-hydrogen) atoms. The number of amides is 1. The summed E-state index contributed by atoms with van der Waals surface area (Å²) >= 11 is 0. The molecule has 2 rings (SSSR count). The Kier molecular flexibility index (Phi) is 6.77. The summed E-state index contributed by atoms with van der Waals surface area (Å²) in [6.45, 7) is 2.50. The van der Waals surface area contributed by atoms with Crippen molar-refractivity contribution in [2.24, 2.45) is 0 Å². The van der Waals surface area contributed by atoms with E-state index in [0.29, 0.717) is 13.2 Å². The summed E-state index contributed by atoms with van der Waals surface area (Å²) in [5, 5.41) is 2.90. The van der Waals surface area contributed by atoms with Crippen molar-refractivity contribution in [3.8, 4) is 5.75 Å². The molecule has 0 fully saturated rings. The molecule has 1 atom stereocenters. The van der Waals surface area contributed by atoms with Crippen molar-refractivity contribution >= 4 is 11.7 Å². The van der Waals surface area contributed by atoms with E-state index in [-0.39, 0.29) is 5.91 Å². The third kappa shape index (κ3) is 5.46. The molecule has 0 bridgehead atoms. The van der Waals surface area contributed by atoms with Gasteiger partial charge in [-0.05, 0) is 30.7 Å². The van der Waals surface area contributed by atoms with Crippen LogP contribution in [-0.4, -0.2) is 38.2 Å². The van der Waals surface area contributed by atoms with Crippen LogP contribution in [0, 0.1) is 0 Å². The highest BCUT2D eigenvalue weighted by Gasteiger charge is 2.14. The van der Waals surface area contributed by atoms with Crippen LogP contribution in [0.3, 0.4) is 0 Å². The number of pyridine rings is 1. The quantitative estimate of drug-likeness (QED) is 0.797. The molecule has 1 aromatic carbocycles. The fourth-order valence-electron chi connectivity index (χ4n) is 2.36. The number of ether oxygens (including phenoxy) is 2. The first-order valence-corrected chi connectivity index (χ1v) is 8.14. The van der Waals surface area contributed by atoms with E-state index < -0.39 is 6.10 Å². The summed E-state index contributed by atoms with van der Waals surface area (Å²) in [5.41, 5.74) is 1.92. The van der Waals surface area contributed by atoms with Crippen LogP contribution in [0.2, 0.25) is 0 Å². The van der Waals surface area contributed by atoms with Crippen LogP contribution in [0.15, 0.2) is 42.6 Å². The molecule has 1 aromatic heterocycles. The van der Waals surface area contributed by atoms with Crippen molar-refractivity contribution in [3.63, 3.8) is 0 Å². The molecule has 0 aliphatic carbocycles. The van der Waals surface area contributed by atoms with Crippen molar-refractivity contribution in [1.82, 2.24) is 10.3 Å². The molecule has 1 unspecified atom stereocenters. The van der Waals surface area contributed by atoms with Gasteiger partial charge in [0.05, 0.1) is 13.7 Å². The lowest BCUT2D eigenvalue weighted by atomic mass is 10.2. The zero-order chi connectivity index (χ0) is 18.2. The molecule has 6 nitrogen and oxygen atoms in total. The zero-order valence-electron chi connectivity index (χ0n) is 15.2. The van der Waals surface area contributed by atoms with Crippen LogP contribution in [-0.2, 0) is 22.7 Å². The number of rotatable bonds is 8. The standard InChI is InChI=1S/C19H25N3O3/c1-14(25-13-15-7-5-9-17(11-15)24-4)19(23)21-12-16-8-6-10-20-18(16)22(2)3/h5-11,14H,12-13H2,1-4H3,(H,21,23).